The molecule has 128 valence electrons. The number of aryl methyl sites for hydroxylation is 1. The summed E-state index contributed by atoms with van der Waals surface area (Å²) in [4.78, 5) is 21.6. The van der Waals surface area contributed by atoms with Gasteiger partial charge in [0.1, 0.15) is 11.4 Å². The van der Waals surface area contributed by atoms with E-state index < -0.39 is 10.8 Å². The molecule has 0 aliphatic heterocycles. The molecule has 0 radical (unpaired) electrons. The van der Waals surface area contributed by atoms with Crippen LogP contribution in [0.5, 0.6) is 5.75 Å². The molecular formula is C14H13N7O4. The second-order valence-electron chi connectivity index (χ2n) is 5.06. The fourth-order valence-corrected chi connectivity index (χ4v) is 2.22. The predicted octanol–water partition coefficient (Wildman–Crippen LogP) is 1.02. The van der Waals surface area contributed by atoms with E-state index >= 15 is 0 Å². The molecule has 0 aliphatic rings. The third kappa shape index (κ3) is 3.15. The third-order valence-corrected chi connectivity index (χ3v) is 3.42. The van der Waals surface area contributed by atoms with Crippen LogP contribution in [0.1, 0.15) is 16.2 Å². The van der Waals surface area contributed by atoms with Crippen LogP contribution in [0.15, 0.2) is 30.3 Å². The lowest BCUT2D eigenvalue weighted by atomic mass is 10.1. The molecular weight excluding hydrogens is 330 g/mol. The van der Waals surface area contributed by atoms with Crippen LogP contribution in [0.4, 0.5) is 5.82 Å². The second kappa shape index (κ2) is 6.39. The van der Waals surface area contributed by atoms with E-state index in [1.165, 1.54) is 10.7 Å². The Hall–Kier alpha value is -3.76. The van der Waals surface area contributed by atoms with E-state index in [-0.39, 0.29) is 23.9 Å². The summed E-state index contributed by atoms with van der Waals surface area (Å²) < 4.78 is 7.05. The molecule has 0 bridgehead atoms. The molecule has 1 aromatic carbocycles. The summed E-state index contributed by atoms with van der Waals surface area (Å²) in [6.07, 6.45) is 0. The number of carbonyl (C=O) groups excluding carboxylic acids is 1. The SMILES string of the molecule is Cc1cc([N+](=O)[O-])nn1COc1ccccc1-c1n[nH]nc1C(N)=O. The number of aromatic nitrogens is 5. The van der Waals surface area contributed by atoms with Crippen LogP contribution in [-0.4, -0.2) is 36.0 Å². The number of amides is 1. The maximum absolute atomic E-state index is 11.4. The lowest BCUT2D eigenvalue weighted by Crippen LogP contribution is -2.13. The van der Waals surface area contributed by atoms with Gasteiger partial charge in [-0.1, -0.05) is 12.1 Å². The minimum Gasteiger partial charge on any atom is -0.469 e. The molecule has 0 saturated heterocycles. The van der Waals surface area contributed by atoms with Gasteiger partial charge in [0.2, 0.25) is 6.73 Å². The average molecular weight is 343 g/mol. The lowest BCUT2D eigenvalue weighted by molar-refractivity contribution is -0.389. The number of primary amides is 1. The standard InChI is InChI=1S/C14H13N7O4/c1-8-6-11(21(23)24)18-20(8)7-25-10-5-3-2-4-9(10)12-13(14(15)22)17-19-16-12/h2-6H,7H2,1H3,(H2,15,22)(H,16,17,19). The van der Waals surface area contributed by atoms with Crippen LogP contribution < -0.4 is 10.5 Å². The number of hydrogen-bond donors (Lipinski definition) is 2. The molecule has 1 amide bonds. The van der Waals surface area contributed by atoms with Crippen molar-refractivity contribution >= 4 is 11.7 Å². The van der Waals surface area contributed by atoms with Gasteiger partial charge < -0.3 is 20.6 Å². The molecule has 2 aromatic heterocycles. The zero-order chi connectivity index (χ0) is 18.0. The fourth-order valence-electron chi connectivity index (χ4n) is 2.22. The Bertz CT molecular complexity index is 946. The number of ether oxygens (including phenoxy) is 1. The predicted molar refractivity (Wildman–Crippen MR) is 84.6 cm³/mol. The number of H-pyrrole nitrogens is 1. The molecule has 3 aromatic rings. The van der Waals surface area contributed by atoms with E-state index in [1.807, 2.05) is 0 Å². The van der Waals surface area contributed by atoms with Crippen LogP contribution in [-0.2, 0) is 6.73 Å². The van der Waals surface area contributed by atoms with Gasteiger partial charge in [0.15, 0.2) is 5.69 Å². The topological polar surface area (TPSA) is 155 Å². The molecule has 11 heteroatoms. The van der Waals surface area contributed by atoms with Gasteiger partial charge in [0.05, 0.1) is 16.9 Å². The summed E-state index contributed by atoms with van der Waals surface area (Å²) >= 11 is 0. The Labute approximate surface area is 140 Å². The van der Waals surface area contributed by atoms with Gasteiger partial charge in [0, 0.05) is 5.56 Å². The molecule has 3 N–H and O–H groups in total. The molecule has 0 aliphatic carbocycles. The van der Waals surface area contributed by atoms with Crippen molar-refractivity contribution in [2.45, 2.75) is 13.7 Å². The number of nitro groups is 1. The molecule has 25 heavy (non-hydrogen) atoms. The third-order valence-electron chi connectivity index (χ3n) is 3.42. The Morgan fingerprint density at radius 3 is 2.84 bits per heavy atom. The zero-order valence-corrected chi connectivity index (χ0v) is 13.0. The molecule has 11 nitrogen and oxygen atoms in total. The van der Waals surface area contributed by atoms with E-state index in [0.717, 1.165) is 0 Å². The first kappa shape index (κ1) is 16.1. The first-order valence-electron chi connectivity index (χ1n) is 7.09. The van der Waals surface area contributed by atoms with Crippen molar-refractivity contribution in [2.75, 3.05) is 0 Å². The highest BCUT2D eigenvalue weighted by Crippen LogP contribution is 2.30. The van der Waals surface area contributed by atoms with E-state index in [0.29, 0.717) is 17.0 Å². The first-order chi connectivity index (χ1) is 12.0. The average Bonchev–Trinajstić information content (AvgIpc) is 3.20. The Balaban J connectivity index is 1.88. The number of nitrogens with zero attached hydrogens (tertiary/aromatic N) is 5. The summed E-state index contributed by atoms with van der Waals surface area (Å²) in [6.45, 7) is 1.62. The lowest BCUT2D eigenvalue weighted by Gasteiger charge is -2.09. The number of rotatable bonds is 6. The Kier molecular flexibility index (Phi) is 4.12. The van der Waals surface area contributed by atoms with E-state index in [4.69, 9.17) is 10.5 Å². The largest absolute Gasteiger partial charge is 0.469 e. The molecule has 0 saturated carbocycles. The van der Waals surface area contributed by atoms with Gasteiger partial charge in [-0.15, -0.1) is 4.68 Å². The maximum atomic E-state index is 11.4. The number of nitrogens with two attached hydrogens (primary N) is 1. The van der Waals surface area contributed by atoms with Gasteiger partial charge in [-0.3, -0.25) is 4.79 Å². The van der Waals surface area contributed by atoms with E-state index in [9.17, 15) is 14.9 Å². The smallest absolute Gasteiger partial charge is 0.390 e. The van der Waals surface area contributed by atoms with Crippen LogP contribution in [0, 0.1) is 17.0 Å². The van der Waals surface area contributed by atoms with Crippen LogP contribution in [0.3, 0.4) is 0 Å². The second-order valence-corrected chi connectivity index (χ2v) is 5.06. The minimum absolute atomic E-state index is 0.0121. The van der Waals surface area contributed by atoms with Gasteiger partial charge in [-0.05, 0) is 24.0 Å². The number of para-hydroxylation sites is 1. The van der Waals surface area contributed by atoms with Gasteiger partial charge in [-0.25, -0.2) is 0 Å². The van der Waals surface area contributed by atoms with Gasteiger partial charge in [-0.2, -0.15) is 15.4 Å². The molecule has 0 spiro atoms. The maximum Gasteiger partial charge on any atom is 0.390 e. The highest BCUT2D eigenvalue weighted by atomic mass is 16.6. The van der Waals surface area contributed by atoms with Crippen molar-refractivity contribution in [3.05, 3.63) is 51.8 Å². The zero-order valence-electron chi connectivity index (χ0n) is 13.0. The monoisotopic (exact) mass is 343 g/mol. The molecule has 0 atom stereocenters. The quantitative estimate of drug-likeness (QED) is 0.500. The molecule has 2 heterocycles. The number of nitrogens with one attached hydrogen (secondary N) is 1. The first-order valence-corrected chi connectivity index (χ1v) is 7.09. The van der Waals surface area contributed by atoms with Crippen molar-refractivity contribution in [3.63, 3.8) is 0 Å². The van der Waals surface area contributed by atoms with Gasteiger partial charge >= 0.3 is 5.82 Å². The van der Waals surface area contributed by atoms with Gasteiger partial charge in [0.25, 0.3) is 5.91 Å². The van der Waals surface area contributed by atoms with Crippen molar-refractivity contribution in [2.24, 2.45) is 5.73 Å². The number of carbonyl (C=O) groups is 1. The summed E-state index contributed by atoms with van der Waals surface area (Å²) in [5.41, 5.74) is 6.60. The summed E-state index contributed by atoms with van der Waals surface area (Å²) in [5.74, 6) is -0.588. The summed E-state index contributed by atoms with van der Waals surface area (Å²) in [7, 11) is 0. The van der Waals surface area contributed by atoms with Crippen molar-refractivity contribution in [1.29, 1.82) is 0 Å². The highest BCUT2D eigenvalue weighted by molar-refractivity contribution is 5.97. The number of benzene rings is 1. The minimum atomic E-state index is -0.725. The number of aromatic amines is 1. The normalized spacial score (nSPS) is 10.6. The Morgan fingerprint density at radius 1 is 1.40 bits per heavy atom. The van der Waals surface area contributed by atoms with Crippen molar-refractivity contribution in [1.82, 2.24) is 25.2 Å². The van der Waals surface area contributed by atoms with Crippen molar-refractivity contribution in [3.8, 4) is 17.0 Å². The highest BCUT2D eigenvalue weighted by Gasteiger charge is 2.20. The fraction of sp³-hybridized carbons (Fsp3) is 0.143. The summed E-state index contributed by atoms with van der Waals surface area (Å²) in [6, 6.07) is 8.19. The number of hydrogen-bond acceptors (Lipinski definition) is 7. The van der Waals surface area contributed by atoms with Crippen LogP contribution in [0.25, 0.3) is 11.3 Å². The van der Waals surface area contributed by atoms with Crippen LogP contribution in [0.2, 0.25) is 0 Å². The summed E-state index contributed by atoms with van der Waals surface area (Å²) in [5, 5.41) is 24.6. The molecule has 0 unspecified atom stereocenters. The van der Waals surface area contributed by atoms with E-state index in [1.54, 1.807) is 31.2 Å². The van der Waals surface area contributed by atoms with Crippen LogP contribution >= 0.6 is 0 Å². The van der Waals surface area contributed by atoms with Crippen molar-refractivity contribution < 1.29 is 14.5 Å². The molecule has 3 rings (SSSR count). The van der Waals surface area contributed by atoms with E-state index in [2.05, 4.69) is 20.5 Å². The Morgan fingerprint density at radius 2 is 2.16 bits per heavy atom. The molecule has 0 fully saturated rings.